The lowest BCUT2D eigenvalue weighted by atomic mass is 10.1. The summed E-state index contributed by atoms with van der Waals surface area (Å²) in [5, 5.41) is 7.63. The number of anilines is 3. The summed E-state index contributed by atoms with van der Waals surface area (Å²) in [5.74, 6) is -1.03. The van der Waals surface area contributed by atoms with Gasteiger partial charge in [0, 0.05) is 33.7 Å². The van der Waals surface area contributed by atoms with Gasteiger partial charge in [-0.05, 0) is 49.2 Å². The molecular formula is C23H17F3N4O2. The lowest BCUT2D eigenvalue weighted by Gasteiger charge is -2.18. The van der Waals surface area contributed by atoms with Gasteiger partial charge in [-0.15, -0.1) is 0 Å². The molecule has 4 aromatic rings. The number of rotatable bonds is 4. The smallest absolute Gasteiger partial charge is 0.355 e. The number of H-pyrrole nitrogens is 1. The Morgan fingerprint density at radius 3 is 2.28 bits per heavy atom. The minimum Gasteiger partial charge on any atom is -0.355 e. The number of nitrogens with one attached hydrogen (secondary N) is 3. The van der Waals surface area contributed by atoms with Crippen LogP contribution >= 0.6 is 0 Å². The van der Waals surface area contributed by atoms with Gasteiger partial charge in [-0.25, -0.2) is 4.98 Å². The van der Waals surface area contributed by atoms with Gasteiger partial charge in [0.25, 0.3) is 5.56 Å². The number of carbonyl (C=O) groups excluding carboxylic acids is 1. The van der Waals surface area contributed by atoms with E-state index in [9.17, 15) is 22.8 Å². The van der Waals surface area contributed by atoms with E-state index in [4.69, 9.17) is 0 Å². The molecule has 2 aromatic heterocycles. The summed E-state index contributed by atoms with van der Waals surface area (Å²) in [4.78, 5) is 31.5. The number of aromatic amines is 1. The number of pyridine rings is 2. The number of alkyl halides is 3. The number of aromatic nitrogens is 2. The first-order valence-corrected chi connectivity index (χ1v) is 9.93. The van der Waals surface area contributed by atoms with Crippen molar-refractivity contribution in [3.8, 4) is 0 Å². The van der Waals surface area contributed by atoms with E-state index in [0.717, 1.165) is 10.8 Å². The predicted molar refractivity (Wildman–Crippen MR) is 116 cm³/mol. The third-order valence-corrected chi connectivity index (χ3v) is 5.77. The molecule has 0 spiro atoms. The maximum absolute atomic E-state index is 13.1. The zero-order chi connectivity index (χ0) is 22.5. The molecule has 0 aliphatic heterocycles. The van der Waals surface area contributed by atoms with E-state index >= 15 is 0 Å². The van der Waals surface area contributed by atoms with E-state index in [2.05, 4.69) is 20.6 Å². The fraction of sp³-hybridized carbons (Fsp3) is 0.174. The van der Waals surface area contributed by atoms with Gasteiger partial charge in [-0.2, -0.15) is 13.2 Å². The van der Waals surface area contributed by atoms with Gasteiger partial charge in [-0.1, -0.05) is 18.2 Å². The van der Waals surface area contributed by atoms with Crippen molar-refractivity contribution in [2.45, 2.75) is 19.0 Å². The maximum atomic E-state index is 13.1. The Kier molecular flexibility index (Phi) is 4.44. The van der Waals surface area contributed by atoms with Gasteiger partial charge in [0.05, 0.1) is 5.69 Å². The molecule has 9 heteroatoms. The van der Waals surface area contributed by atoms with Crippen LogP contribution in [0, 0.1) is 5.41 Å². The van der Waals surface area contributed by atoms with Crippen LogP contribution in [0.1, 0.15) is 12.8 Å². The summed E-state index contributed by atoms with van der Waals surface area (Å²) in [5.41, 5.74) is -0.422. The molecule has 0 bridgehead atoms. The third kappa shape index (κ3) is 3.26. The van der Waals surface area contributed by atoms with E-state index in [1.54, 1.807) is 36.5 Å². The first-order valence-electron chi connectivity index (χ1n) is 9.93. The molecule has 1 aliphatic carbocycles. The van der Waals surface area contributed by atoms with Crippen molar-refractivity contribution in [1.29, 1.82) is 0 Å². The van der Waals surface area contributed by atoms with E-state index < -0.39 is 17.5 Å². The predicted octanol–water partition coefficient (Wildman–Crippen LogP) is 5.10. The Morgan fingerprint density at radius 2 is 1.62 bits per heavy atom. The molecule has 0 saturated heterocycles. The van der Waals surface area contributed by atoms with Gasteiger partial charge >= 0.3 is 6.18 Å². The first kappa shape index (κ1) is 20.0. The first-order chi connectivity index (χ1) is 15.3. The molecule has 2 heterocycles. The Labute approximate surface area is 179 Å². The number of fused-ring (bicyclic) bond motifs is 3. The fourth-order valence-corrected chi connectivity index (χ4v) is 3.81. The highest BCUT2D eigenvalue weighted by Crippen LogP contribution is 2.58. The molecule has 32 heavy (non-hydrogen) atoms. The Bertz CT molecular complexity index is 1410. The van der Waals surface area contributed by atoms with Gasteiger partial charge in [0.15, 0.2) is 0 Å². The normalized spacial score (nSPS) is 15.0. The zero-order valence-electron chi connectivity index (χ0n) is 16.6. The van der Waals surface area contributed by atoms with Crippen LogP contribution in [0.2, 0.25) is 0 Å². The maximum Gasteiger partial charge on any atom is 0.403 e. The molecular weight excluding hydrogens is 421 g/mol. The molecule has 1 aliphatic rings. The lowest BCUT2D eigenvalue weighted by Crippen LogP contribution is -2.36. The molecule has 6 nitrogen and oxygen atoms in total. The van der Waals surface area contributed by atoms with E-state index in [-0.39, 0.29) is 24.1 Å². The molecule has 0 unspecified atom stereocenters. The van der Waals surface area contributed by atoms with E-state index in [1.165, 1.54) is 12.1 Å². The summed E-state index contributed by atoms with van der Waals surface area (Å²) in [6.45, 7) is 0. The average molecular weight is 438 g/mol. The number of hydrogen-bond acceptors (Lipinski definition) is 4. The molecule has 0 atom stereocenters. The van der Waals surface area contributed by atoms with Crippen LogP contribution < -0.4 is 16.2 Å². The Morgan fingerprint density at radius 1 is 0.969 bits per heavy atom. The van der Waals surface area contributed by atoms with Crippen LogP contribution in [0.5, 0.6) is 0 Å². The standard InChI is InChI=1S/C23H17F3N4O2/c24-23(25,26)22(10-11-22)21(32)29-14-7-5-13(6-8-14)28-17-9-12-27-19-18(17)15-3-1-2-4-16(15)20(31)30-19/h1-9,12H,10-11H2,(H,29,32)(H2,27,28,30,31). The monoisotopic (exact) mass is 438 g/mol. The summed E-state index contributed by atoms with van der Waals surface area (Å²) >= 11 is 0. The van der Waals surface area contributed by atoms with Crippen molar-refractivity contribution in [3.05, 3.63) is 71.1 Å². The molecule has 0 radical (unpaired) electrons. The number of carbonyl (C=O) groups is 1. The Hall–Kier alpha value is -3.88. The molecule has 162 valence electrons. The molecule has 2 aromatic carbocycles. The highest BCUT2D eigenvalue weighted by atomic mass is 19.4. The van der Waals surface area contributed by atoms with Crippen molar-refractivity contribution >= 4 is 44.8 Å². The Balaban J connectivity index is 1.43. The second kappa shape index (κ2) is 7.08. The molecule has 3 N–H and O–H groups in total. The van der Waals surface area contributed by atoms with E-state index in [1.807, 2.05) is 12.1 Å². The van der Waals surface area contributed by atoms with Crippen molar-refractivity contribution in [2.24, 2.45) is 5.41 Å². The summed E-state index contributed by atoms with van der Waals surface area (Å²) in [7, 11) is 0. The van der Waals surface area contributed by atoms with Gasteiger partial charge in [0.2, 0.25) is 5.91 Å². The summed E-state index contributed by atoms with van der Waals surface area (Å²) in [6.07, 6.45) is -3.36. The van der Waals surface area contributed by atoms with Gasteiger partial charge in [-0.3, -0.25) is 9.59 Å². The van der Waals surface area contributed by atoms with Crippen LogP contribution in [0.15, 0.2) is 65.6 Å². The quantitative estimate of drug-likeness (QED) is 0.387. The minimum atomic E-state index is -4.55. The minimum absolute atomic E-state index is 0.187. The van der Waals surface area contributed by atoms with Crippen LogP contribution in [-0.2, 0) is 4.79 Å². The van der Waals surface area contributed by atoms with E-state index in [0.29, 0.717) is 22.4 Å². The van der Waals surface area contributed by atoms with Crippen molar-refractivity contribution in [2.75, 3.05) is 10.6 Å². The third-order valence-electron chi connectivity index (χ3n) is 5.77. The van der Waals surface area contributed by atoms with Crippen LogP contribution in [0.4, 0.5) is 30.2 Å². The van der Waals surface area contributed by atoms with Crippen molar-refractivity contribution < 1.29 is 18.0 Å². The number of benzene rings is 2. The van der Waals surface area contributed by atoms with Crippen LogP contribution in [0.3, 0.4) is 0 Å². The fourth-order valence-electron chi connectivity index (χ4n) is 3.81. The average Bonchev–Trinajstić information content (AvgIpc) is 3.58. The molecule has 1 amide bonds. The number of halogens is 3. The lowest BCUT2D eigenvalue weighted by molar-refractivity contribution is -0.189. The largest absolute Gasteiger partial charge is 0.403 e. The van der Waals surface area contributed by atoms with Gasteiger partial charge < -0.3 is 15.6 Å². The topological polar surface area (TPSA) is 86.9 Å². The molecule has 1 saturated carbocycles. The van der Waals surface area contributed by atoms with Gasteiger partial charge in [0.1, 0.15) is 11.1 Å². The van der Waals surface area contributed by atoms with Crippen molar-refractivity contribution in [1.82, 2.24) is 9.97 Å². The second-order valence-corrected chi connectivity index (χ2v) is 7.82. The SMILES string of the molecule is O=C(Nc1ccc(Nc2ccnc3[nH]c(=O)c4ccccc4c23)cc1)C1(C(F)(F)F)CC1. The van der Waals surface area contributed by atoms with Crippen LogP contribution in [0.25, 0.3) is 21.8 Å². The summed E-state index contributed by atoms with van der Waals surface area (Å²) < 4.78 is 39.4. The highest BCUT2D eigenvalue weighted by molar-refractivity contribution is 6.10. The number of hydrogen-bond donors (Lipinski definition) is 3. The number of nitrogens with zero attached hydrogens (tertiary/aromatic N) is 1. The highest BCUT2D eigenvalue weighted by Gasteiger charge is 2.68. The van der Waals surface area contributed by atoms with Crippen molar-refractivity contribution in [3.63, 3.8) is 0 Å². The second-order valence-electron chi connectivity index (χ2n) is 7.82. The number of amides is 1. The zero-order valence-corrected chi connectivity index (χ0v) is 16.6. The van der Waals surface area contributed by atoms with Crippen LogP contribution in [-0.4, -0.2) is 22.1 Å². The molecule has 5 rings (SSSR count). The summed E-state index contributed by atoms with van der Waals surface area (Å²) in [6, 6.07) is 15.3. The molecule has 1 fully saturated rings.